The number of aromatic nitrogens is 3. The number of amides is 1. The molecule has 1 aromatic carbocycles. The van der Waals surface area contributed by atoms with Crippen LogP contribution in [-0.2, 0) is 23.4 Å². The number of hydrogen-bond donors (Lipinski definition) is 1. The van der Waals surface area contributed by atoms with Crippen LogP contribution in [0.25, 0.3) is 0 Å². The number of piperidine rings is 1. The second kappa shape index (κ2) is 8.68. The van der Waals surface area contributed by atoms with E-state index in [1.165, 1.54) is 5.56 Å². The zero-order chi connectivity index (χ0) is 21.3. The first-order valence-electron chi connectivity index (χ1n) is 11.5. The maximum Gasteiger partial charge on any atom is 0.289 e. The van der Waals surface area contributed by atoms with E-state index in [0.29, 0.717) is 12.4 Å². The minimum absolute atomic E-state index is 0.124. The highest BCUT2D eigenvalue weighted by Crippen LogP contribution is 2.40. The molecule has 8 heteroatoms. The van der Waals surface area contributed by atoms with Gasteiger partial charge in [-0.2, -0.15) is 0 Å². The van der Waals surface area contributed by atoms with Crippen LogP contribution in [0.3, 0.4) is 0 Å². The van der Waals surface area contributed by atoms with Gasteiger partial charge in [0.25, 0.3) is 5.91 Å². The molecule has 0 bridgehead atoms. The molecule has 4 heterocycles. The molecule has 2 saturated heterocycles. The van der Waals surface area contributed by atoms with Crippen molar-refractivity contribution in [1.82, 2.24) is 29.9 Å². The maximum absolute atomic E-state index is 12.8. The van der Waals surface area contributed by atoms with Crippen molar-refractivity contribution in [2.45, 2.75) is 50.4 Å². The number of nitrogens with zero attached hydrogens (tertiary/aromatic N) is 5. The van der Waals surface area contributed by atoms with Crippen LogP contribution in [0.2, 0.25) is 0 Å². The Morgan fingerprint density at radius 3 is 2.71 bits per heavy atom. The van der Waals surface area contributed by atoms with E-state index in [1.807, 2.05) is 0 Å². The van der Waals surface area contributed by atoms with E-state index < -0.39 is 0 Å². The lowest BCUT2D eigenvalue weighted by Crippen LogP contribution is -2.56. The highest BCUT2D eigenvalue weighted by atomic mass is 16.5. The smallest absolute Gasteiger partial charge is 0.289 e. The van der Waals surface area contributed by atoms with Crippen molar-refractivity contribution < 1.29 is 9.53 Å². The molecule has 1 N–H and O–H groups in total. The van der Waals surface area contributed by atoms with Gasteiger partial charge in [0, 0.05) is 45.9 Å². The summed E-state index contributed by atoms with van der Waals surface area (Å²) in [6, 6.07) is 10.6. The van der Waals surface area contributed by atoms with Crippen molar-refractivity contribution in [3.63, 3.8) is 0 Å². The number of hydrogen-bond acceptors (Lipinski definition) is 6. The van der Waals surface area contributed by atoms with E-state index in [0.717, 1.165) is 70.8 Å². The highest BCUT2D eigenvalue weighted by Gasteiger charge is 2.46. The number of nitrogens with one attached hydrogen (secondary N) is 1. The van der Waals surface area contributed by atoms with Gasteiger partial charge >= 0.3 is 0 Å². The van der Waals surface area contributed by atoms with Gasteiger partial charge in [0.2, 0.25) is 5.82 Å². The molecule has 0 aliphatic carbocycles. The Hall–Kier alpha value is -2.29. The summed E-state index contributed by atoms with van der Waals surface area (Å²) in [6.45, 7) is 5.97. The number of ether oxygens (including phenoxy) is 1. The molecule has 1 spiro atoms. The molecule has 166 valence electrons. The summed E-state index contributed by atoms with van der Waals surface area (Å²) in [5.74, 6) is 1.24. The van der Waals surface area contributed by atoms with E-state index >= 15 is 0 Å². The Kier molecular flexibility index (Phi) is 5.77. The van der Waals surface area contributed by atoms with Crippen LogP contribution in [-0.4, -0.2) is 76.4 Å². The molecule has 3 aliphatic heterocycles. The number of rotatable bonds is 5. The Morgan fingerprint density at radius 1 is 1.16 bits per heavy atom. The molecular formula is C23H32N6O2. The molecular weight excluding hydrogens is 392 g/mol. The van der Waals surface area contributed by atoms with Crippen molar-refractivity contribution >= 4 is 5.91 Å². The van der Waals surface area contributed by atoms with Crippen LogP contribution in [0.1, 0.15) is 47.7 Å². The average molecular weight is 425 g/mol. The molecule has 1 aromatic heterocycles. The van der Waals surface area contributed by atoms with Gasteiger partial charge in [0.15, 0.2) is 5.82 Å². The van der Waals surface area contributed by atoms with Gasteiger partial charge in [-0.15, -0.1) is 10.2 Å². The number of carbonyl (C=O) groups excluding carboxylic acids is 1. The largest absolute Gasteiger partial charge is 0.376 e. The molecule has 3 aliphatic rings. The second-order valence-corrected chi connectivity index (χ2v) is 9.06. The van der Waals surface area contributed by atoms with Gasteiger partial charge in [-0.05, 0) is 38.3 Å². The monoisotopic (exact) mass is 424 g/mol. The van der Waals surface area contributed by atoms with E-state index in [2.05, 4.69) is 67.3 Å². The molecule has 2 aromatic rings. The fourth-order valence-corrected chi connectivity index (χ4v) is 5.28. The first-order valence-corrected chi connectivity index (χ1v) is 11.5. The van der Waals surface area contributed by atoms with Gasteiger partial charge in [-0.3, -0.25) is 14.6 Å². The quantitative estimate of drug-likeness (QED) is 0.786. The van der Waals surface area contributed by atoms with Crippen molar-refractivity contribution in [3.05, 3.63) is 47.5 Å². The molecule has 0 saturated carbocycles. The van der Waals surface area contributed by atoms with E-state index in [9.17, 15) is 4.79 Å². The summed E-state index contributed by atoms with van der Waals surface area (Å²) in [5.41, 5.74) is 1.20. The average Bonchev–Trinajstić information content (AvgIpc) is 3.47. The summed E-state index contributed by atoms with van der Waals surface area (Å²) in [5, 5.41) is 11.9. The van der Waals surface area contributed by atoms with Gasteiger partial charge in [0.1, 0.15) is 0 Å². The lowest BCUT2D eigenvalue weighted by Gasteiger charge is -2.49. The van der Waals surface area contributed by atoms with Crippen molar-refractivity contribution in [3.8, 4) is 0 Å². The summed E-state index contributed by atoms with van der Waals surface area (Å²) < 4.78 is 7.67. The first-order chi connectivity index (χ1) is 15.2. The van der Waals surface area contributed by atoms with Gasteiger partial charge < -0.3 is 14.6 Å². The molecule has 2 fully saturated rings. The zero-order valence-corrected chi connectivity index (χ0v) is 18.3. The van der Waals surface area contributed by atoms with Crippen LogP contribution in [0.5, 0.6) is 0 Å². The topological polar surface area (TPSA) is 75.5 Å². The van der Waals surface area contributed by atoms with E-state index in [1.54, 1.807) is 0 Å². The lowest BCUT2D eigenvalue weighted by molar-refractivity contribution is 0.00612. The van der Waals surface area contributed by atoms with Crippen LogP contribution < -0.4 is 5.32 Å². The lowest BCUT2D eigenvalue weighted by atomic mass is 9.83. The molecule has 8 nitrogen and oxygen atoms in total. The Balaban J connectivity index is 1.28. The number of likely N-dealkylation sites (tertiary alicyclic amines) is 1. The third kappa shape index (κ3) is 4.00. The minimum atomic E-state index is -0.147. The summed E-state index contributed by atoms with van der Waals surface area (Å²) in [7, 11) is 2.18. The third-order valence-electron chi connectivity index (χ3n) is 7.21. The second-order valence-electron chi connectivity index (χ2n) is 9.06. The van der Waals surface area contributed by atoms with Crippen molar-refractivity contribution in [1.29, 1.82) is 0 Å². The molecule has 5 rings (SSSR count). The Bertz CT molecular complexity index is 900. The summed E-state index contributed by atoms with van der Waals surface area (Å²) in [4.78, 5) is 17.8. The highest BCUT2D eigenvalue weighted by molar-refractivity contribution is 5.90. The number of likely N-dealkylation sites (N-methyl/N-ethyl adjacent to an activating group) is 1. The van der Waals surface area contributed by atoms with Gasteiger partial charge in [-0.1, -0.05) is 30.3 Å². The first kappa shape index (κ1) is 20.6. The predicted molar refractivity (Wildman–Crippen MR) is 117 cm³/mol. The summed E-state index contributed by atoms with van der Waals surface area (Å²) >= 11 is 0. The molecule has 1 atom stereocenters. The van der Waals surface area contributed by atoms with Gasteiger partial charge in [-0.25, -0.2) is 0 Å². The van der Waals surface area contributed by atoms with Crippen LogP contribution in [0.15, 0.2) is 30.3 Å². The molecule has 0 unspecified atom stereocenters. The fraction of sp³-hybridized carbons (Fsp3) is 0.609. The SMILES string of the molecule is CN1CCn2c(C(=O)NC[C@@H]3CCCO3)nnc2C12CCN(Cc1ccccc1)CC2. The van der Waals surface area contributed by atoms with E-state index in [4.69, 9.17) is 4.74 Å². The van der Waals surface area contributed by atoms with Crippen molar-refractivity contribution in [2.24, 2.45) is 0 Å². The minimum Gasteiger partial charge on any atom is -0.376 e. The van der Waals surface area contributed by atoms with Crippen LogP contribution >= 0.6 is 0 Å². The Labute approximate surface area is 183 Å². The molecule has 0 radical (unpaired) electrons. The molecule has 1 amide bonds. The van der Waals surface area contributed by atoms with E-state index in [-0.39, 0.29) is 17.6 Å². The fourth-order valence-electron chi connectivity index (χ4n) is 5.28. The predicted octanol–water partition coefficient (Wildman–Crippen LogP) is 1.62. The maximum atomic E-state index is 12.8. The molecule has 31 heavy (non-hydrogen) atoms. The zero-order valence-electron chi connectivity index (χ0n) is 18.3. The normalized spacial score (nSPS) is 23.7. The van der Waals surface area contributed by atoms with Crippen LogP contribution in [0.4, 0.5) is 0 Å². The van der Waals surface area contributed by atoms with Gasteiger partial charge in [0.05, 0.1) is 11.6 Å². The standard InChI is InChI=1S/C23H32N6O2/c1-27-13-14-29-20(21(30)24-16-19-8-5-15-31-19)25-26-22(29)23(27)9-11-28(12-10-23)17-18-6-3-2-4-7-18/h2-4,6-7,19H,5,8-17H2,1H3,(H,24,30)/t19-/m0/s1. The van der Waals surface area contributed by atoms with Crippen molar-refractivity contribution in [2.75, 3.05) is 39.8 Å². The number of fused-ring (bicyclic) bond motifs is 2. The third-order valence-corrected chi connectivity index (χ3v) is 7.21. The summed E-state index contributed by atoms with van der Waals surface area (Å²) in [6.07, 6.45) is 4.18. The van der Waals surface area contributed by atoms with Crippen LogP contribution in [0, 0.1) is 0 Å². The number of carbonyl (C=O) groups is 1. The Morgan fingerprint density at radius 2 is 1.97 bits per heavy atom. The number of benzene rings is 1.